The molecule has 1 heteroatoms. The van der Waals surface area contributed by atoms with Crippen molar-refractivity contribution >= 4 is 0 Å². The van der Waals surface area contributed by atoms with Crippen molar-refractivity contribution in [2.75, 3.05) is 6.61 Å². The fourth-order valence-electron chi connectivity index (χ4n) is 2.84. The van der Waals surface area contributed by atoms with Gasteiger partial charge in [0, 0.05) is 0 Å². The first-order valence-corrected chi connectivity index (χ1v) is 7.87. The molecule has 0 fully saturated rings. The summed E-state index contributed by atoms with van der Waals surface area (Å²) >= 11 is 0. The van der Waals surface area contributed by atoms with E-state index >= 15 is 0 Å². The largest absolute Gasteiger partial charge is 0.392 e. The highest BCUT2D eigenvalue weighted by Gasteiger charge is 2.26. The maximum Gasteiger partial charge on any atom is 0.0617 e. The molecule has 0 aromatic heterocycles. The topological polar surface area (TPSA) is 20.2 Å². The Bertz CT molecular complexity index is 496. The average molecular weight is 286 g/mol. The molecule has 0 aliphatic heterocycles. The first-order valence-electron chi connectivity index (χ1n) is 7.87. The second-order valence-corrected chi connectivity index (χ2v) is 6.67. The van der Waals surface area contributed by atoms with Gasteiger partial charge in [-0.15, -0.1) is 0 Å². The van der Waals surface area contributed by atoms with Gasteiger partial charge in [0.25, 0.3) is 0 Å². The molecule has 1 aliphatic carbocycles. The lowest BCUT2D eigenvalue weighted by Gasteiger charge is -2.32. The van der Waals surface area contributed by atoms with E-state index in [2.05, 4.69) is 45.9 Å². The molecule has 0 unspecified atom stereocenters. The molecule has 116 valence electrons. The predicted molar refractivity (Wildman–Crippen MR) is 93.2 cm³/mol. The monoisotopic (exact) mass is 286 g/mol. The van der Waals surface area contributed by atoms with E-state index in [4.69, 9.17) is 5.11 Å². The van der Waals surface area contributed by atoms with Crippen LogP contribution in [-0.2, 0) is 0 Å². The lowest BCUT2D eigenvalue weighted by Crippen LogP contribution is -2.19. The van der Waals surface area contributed by atoms with E-state index in [1.165, 1.54) is 36.0 Å². The van der Waals surface area contributed by atoms with Gasteiger partial charge in [0.15, 0.2) is 0 Å². The Labute approximate surface area is 130 Å². The van der Waals surface area contributed by atoms with E-state index in [0.717, 1.165) is 5.57 Å². The van der Waals surface area contributed by atoms with Crippen LogP contribution in [0.4, 0.5) is 0 Å². The van der Waals surface area contributed by atoms with Gasteiger partial charge in [-0.25, -0.2) is 0 Å². The van der Waals surface area contributed by atoms with Gasteiger partial charge in [0.2, 0.25) is 0 Å². The second kappa shape index (κ2) is 8.19. The van der Waals surface area contributed by atoms with Gasteiger partial charge in [0.05, 0.1) is 6.61 Å². The number of aliphatic hydroxyl groups excluding tert-OH is 1. The third-order valence-electron chi connectivity index (χ3n) is 4.19. The molecule has 0 amide bonds. The summed E-state index contributed by atoms with van der Waals surface area (Å²) < 4.78 is 0. The predicted octanol–water partition coefficient (Wildman–Crippen LogP) is 5.51. The van der Waals surface area contributed by atoms with E-state index in [9.17, 15) is 0 Å². The van der Waals surface area contributed by atoms with E-state index in [-0.39, 0.29) is 6.61 Å². The zero-order valence-corrected chi connectivity index (χ0v) is 14.2. The third-order valence-corrected chi connectivity index (χ3v) is 4.19. The van der Waals surface area contributed by atoms with Crippen LogP contribution in [0.2, 0.25) is 0 Å². The first kappa shape index (κ1) is 17.7. The number of hydrogen-bond acceptors (Lipinski definition) is 1. The van der Waals surface area contributed by atoms with Gasteiger partial charge in [-0.1, -0.05) is 67.0 Å². The third kappa shape index (κ3) is 5.89. The Morgan fingerprint density at radius 3 is 2.52 bits per heavy atom. The van der Waals surface area contributed by atoms with E-state index < -0.39 is 0 Å². The molecule has 0 aromatic rings. The van der Waals surface area contributed by atoms with Crippen molar-refractivity contribution in [3.63, 3.8) is 0 Å². The lowest BCUT2D eigenvalue weighted by molar-refractivity contribution is 0.342. The minimum Gasteiger partial charge on any atom is -0.392 e. The molecule has 0 bridgehead atoms. The molecule has 0 spiro atoms. The average Bonchev–Trinajstić information content (AvgIpc) is 2.37. The SMILES string of the molecule is CC1=C(C=C/C(C)=C/C=C/C(C)=C/CO)C(C)(C)CCC1. The quantitative estimate of drug-likeness (QED) is 0.661. The summed E-state index contributed by atoms with van der Waals surface area (Å²) in [5.74, 6) is 0. The van der Waals surface area contributed by atoms with Gasteiger partial charge in [-0.3, -0.25) is 0 Å². The molecule has 1 rings (SSSR count). The van der Waals surface area contributed by atoms with Crippen molar-refractivity contribution in [3.05, 3.63) is 58.7 Å². The van der Waals surface area contributed by atoms with Crippen LogP contribution in [0.15, 0.2) is 58.7 Å². The smallest absolute Gasteiger partial charge is 0.0617 e. The Balaban J connectivity index is 2.78. The van der Waals surface area contributed by atoms with Gasteiger partial charge in [-0.05, 0) is 51.0 Å². The standard InChI is InChI=1S/C20H30O/c1-16(8-6-9-17(2)13-15-21)11-12-19-18(3)10-7-14-20(19,4)5/h6,8-9,11-13,21H,7,10,14-15H2,1-5H3/b9-6+,12-11?,16-8+,17-13+. The van der Waals surface area contributed by atoms with Crippen LogP contribution in [0.1, 0.15) is 53.9 Å². The summed E-state index contributed by atoms with van der Waals surface area (Å²) in [4.78, 5) is 0. The molecule has 0 atom stereocenters. The molecule has 21 heavy (non-hydrogen) atoms. The summed E-state index contributed by atoms with van der Waals surface area (Å²) in [5.41, 5.74) is 5.66. The zero-order chi connectivity index (χ0) is 15.9. The maximum absolute atomic E-state index is 8.81. The minimum absolute atomic E-state index is 0.0985. The van der Waals surface area contributed by atoms with E-state index in [1.54, 1.807) is 6.08 Å². The summed E-state index contributed by atoms with van der Waals surface area (Å²) in [5, 5.41) is 8.81. The molecular weight excluding hydrogens is 256 g/mol. The molecule has 1 aliphatic rings. The summed E-state index contributed by atoms with van der Waals surface area (Å²) in [6.45, 7) is 11.2. The number of hydrogen-bond donors (Lipinski definition) is 1. The Hall–Kier alpha value is -1.34. The molecule has 0 aromatic carbocycles. The van der Waals surface area contributed by atoms with Gasteiger partial charge < -0.3 is 5.11 Å². The first-order chi connectivity index (χ1) is 9.86. The Kier molecular flexibility index (Phi) is 6.91. The van der Waals surface area contributed by atoms with Gasteiger partial charge in [-0.2, -0.15) is 0 Å². The van der Waals surface area contributed by atoms with E-state index in [0.29, 0.717) is 5.41 Å². The minimum atomic E-state index is 0.0985. The number of allylic oxidation sites excluding steroid dienone is 9. The molecule has 0 saturated carbocycles. The number of aliphatic hydroxyl groups is 1. The van der Waals surface area contributed by atoms with Crippen molar-refractivity contribution in [1.82, 2.24) is 0 Å². The summed E-state index contributed by atoms with van der Waals surface area (Å²) in [6.07, 6.45) is 16.3. The lowest BCUT2D eigenvalue weighted by atomic mass is 9.72. The fourth-order valence-corrected chi connectivity index (χ4v) is 2.84. The normalized spacial score (nSPS) is 20.9. The highest BCUT2D eigenvalue weighted by atomic mass is 16.2. The van der Waals surface area contributed by atoms with Crippen LogP contribution < -0.4 is 0 Å². The van der Waals surface area contributed by atoms with Crippen molar-refractivity contribution in [3.8, 4) is 0 Å². The van der Waals surface area contributed by atoms with Crippen LogP contribution in [-0.4, -0.2) is 11.7 Å². The van der Waals surface area contributed by atoms with Crippen LogP contribution in [0.3, 0.4) is 0 Å². The van der Waals surface area contributed by atoms with Crippen molar-refractivity contribution in [1.29, 1.82) is 0 Å². The Morgan fingerprint density at radius 2 is 1.90 bits per heavy atom. The summed E-state index contributed by atoms with van der Waals surface area (Å²) in [6, 6.07) is 0. The van der Waals surface area contributed by atoms with Crippen LogP contribution in [0.5, 0.6) is 0 Å². The van der Waals surface area contributed by atoms with Crippen molar-refractivity contribution < 1.29 is 5.11 Å². The number of rotatable bonds is 5. The highest BCUT2D eigenvalue weighted by Crippen LogP contribution is 2.40. The Morgan fingerprint density at radius 1 is 1.19 bits per heavy atom. The molecule has 0 saturated heterocycles. The van der Waals surface area contributed by atoms with Gasteiger partial charge in [0.1, 0.15) is 0 Å². The van der Waals surface area contributed by atoms with Crippen molar-refractivity contribution in [2.45, 2.75) is 53.9 Å². The van der Waals surface area contributed by atoms with Crippen molar-refractivity contribution in [2.24, 2.45) is 5.41 Å². The van der Waals surface area contributed by atoms with E-state index in [1.807, 2.05) is 19.1 Å². The van der Waals surface area contributed by atoms with Crippen LogP contribution in [0.25, 0.3) is 0 Å². The zero-order valence-electron chi connectivity index (χ0n) is 14.2. The maximum atomic E-state index is 8.81. The van der Waals surface area contributed by atoms with Gasteiger partial charge >= 0.3 is 0 Å². The van der Waals surface area contributed by atoms with Crippen LogP contribution >= 0.6 is 0 Å². The summed E-state index contributed by atoms with van der Waals surface area (Å²) in [7, 11) is 0. The molecule has 0 heterocycles. The molecule has 0 radical (unpaired) electrons. The second-order valence-electron chi connectivity index (χ2n) is 6.67. The van der Waals surface area contributed by atoms with Crippen LogP contribution in [0, 0.1) is 5.41 Å². The fraction of sp³-hybridized carbons (Fsp3) is 0.500. The molecule has 1 nitrogen and oxygen atoms in total. The molecule has 1 N–H and O–H groups in total. The molecular formula is C20H30O. The highest BCUT2D eigenvalue weighted by molar-refractivity contribution is 5.37.